The number of rotatable bonds is 3. The van der Waals surface area contributed by atoms with E-state index in [2.05, 4.69) is 0 Å². The van der Waals surface area contributed by atoms with E-state index in [1.54, 1.807) is 19.1 Å². The van der Waals surface area contributed by atoms with Gasteiger partial charge in [-0.25, -0.2) is 0 Å². The van der Waals surface area contributed by atoms with Crippen LogP contribution in [0.1, 0.15) is 23.6 Å². The Labute approximate surface area is 115 Å². The monoisotopic (exact) mass is 280 g/mol. The van der Waals surface area contributed by atoms with E-state index >= 15 is 0 Å². The summed E-state index contributed by atoms with van der Waals surface area (Å²) in [5, 5.41) is 10.4. The molecule has 20 heavy (non-hydrogen) atoms. The second-order valence-electron chi connectivity index (χ2n) is 5.01. The lowest BCUT2D eigenvalue weighted by molar-refractivity contribution is -0.137. The molecule has 4 heteroatoms. The van der Waals surface area contributed by atoms with Crippen molar-refractivity contribution in [3.8, 4) is 0 Å². The Kier molecular flexibility index (Phi) is 3.86. The molecule has 2 aromatic carbocycles. The summed E-state index contributed by atoms with van der Waals surface area (Å²) in [6.45, 7) is 1.65. The Morgan fingerprint density at radius 2 is 1.40 bits per heavy atom. The number of benzene rings is 2. The van der Waals surface area contributed by atoms with E-state index in [-0.39, 0.29) is 6.42 Å². The summed E-state index contributed by atoms with van der Waals surface area (Å²) in [5.41, 5.74) is -0.395. The molecule has 0 fully saturated rings. The predicted octanol–water partition coefficient (Wildman–Crippen LogP) is 4.16. The Morgan fingerprint density at radius 3 is 1.90 bits per heavy atom. The number of halogens is 3. The fraction of sp³-hybridized carbons (Fsp3) is 0.250. The van der Waals surface area contributed by atoms with E-state index in [0.717, 1.165) is 17.7 Å². The molecule has 106 valence electrons. The van der Waals surface area contributed by atoms with Crippen LogP contribution in [0.4, 0.5) is 13.2 Å². The molecular formula is C16H15F3O. The largest absolute Gasteiger partial charge is 0.416 e. The zero-order chi connectivity index (χ0) is 14.8. The first-order valence-electron chi connectivity index (χ1n) is 6.23. The third kappa shape index (κ3) is 3.39. The lowest BCUT2D eigenvalue weighted by Gasteiger charge is -2.24. The molecule has 0 heterocycles. The van der Waals surface area contributed by atoms with Gasteiger partial charge in [-0.05, 0) is 30.2 Å². The zero-order valence-corrected chi connectivity index (χ0v) is 11.0. The van der Waals surface area contributed by atoms with Crippen LogP contribution in [0.25, 0.3) is 0 Å². The van der Waals surface area contributed by atoms with Gasteiger partial charge in [0.25, 0.3) is 0 Å². The Hall–Kier alpha value is -1.81. The van der Waals surface area contributed by atoms with E-state index in [9.17, 15) is 18.3 Å². The van der Waals surface area contributed by atoms with Gasteiger partial charge >= 0.3 is 6.18 Å². The zero-order valence-electron chi connectivity index (χ0n) is 11.0. The Balaban J connectivity index is 2.18. The molecule has 0 aromatic heterocycles. The average Bonchev–Trinajstić information content (AvgIpc) is 2.39. The van der Waals surface area contributed by atoms with Crippen molar-refractivity contribution in [2.75, 3.05) is 0 Å². The van der Waals surface area contributed by atoms with E-state index in [1.807, 2.05) is 18.2 Å². The summed E-state index contributed by atoms with van der Waals surface area (Å²) in [5.74, 6) is 0. The van der Waals surface area contributed by atoms with Crippen LogP contribution in [0.3, 0.4) is 0 Å². The molecule has 0 saturated carbocycles. The van der Waals surface area contributed by atoms with Gasteiger partial charge in [-0.2, -0.15) is 13.2 Å². The third-order valence-corrected chi connectivity index (χ3v) is 3.23. The van der Waals surface area contributed by atoms with Gasteiger partial charge in [-0.3, -0.25) is 0 Å². The second kappa shape index (κ2) is 5.29. The molecule has 0 radical (unpaired) electrons. The third-order valence-electron chi connectivity index (χ3n) is 3.23. The van der Waals surface area contributed by atoms with Crippen molar-refractivity contribution < 1.29 is 18.3 Å². The molecule has 0 spiro atoms. The number of alkyl halides is 3. The van der Waals surface area contributed by atoms with E-state index in [1.165, 1.54) is 12.1 Å². The van der Waals surface area contributed by atoms with E-state index < -0.39 is 17.3 Å². The maximum absolute atomic E-state index is 12.5. The fourth-order valence-electron chi connectivity index (χ4n) is 2.11. The summed E-state index contributed by atoms with van der Waals surface area (Å²) in [7, 11) is 0. The molecule has 0 amide bonds. The van der Waals surface area contributed by atoms with Crippen molar-refractivity contribution in [1.29, 1.82) is 0 Å². The minimum atomic E-state index is -4.33. The van der Waals surface area contributed by atoms with Crippen LogP contribution in [0, 0.1) is 0 Å². The maximum atomic E-state index is 12.5. The standard InChI is InChI=1S/C16H15F3O/c1-15(20,13-5-3-2-4-6-13)11-12-7-9-14(10-8-12)16(17,18)19/h2-10,20H,11H2,1H3/t15-/m0/s1. The molecule has 1 nitrogen and oxygen atoms in total. The highest BCUT2D eigenvalue weighted by atomic mass is 19.4. The lowest BCUT2D eigenvalue weighted by atomic mass is 9.89. The first-order chi connectivity index (χ1) is 9.29. The van der Waals surface area contributed by atoms with Gasteiger partial charge in [0.1, 0.15) is 0 Å². The average molecular weight is 280 g/mol. The van der Waals surface area contributed by atoms with Gasteiger partial charge in [-0.1, -0.05) is 42.5 Å². The van der Waals surface area contributed by atoms with Crippen LogP contribution in [-0.4, -0.2) is 5.11 Å². The van der Waals surface area contributed by atoms with Crippen LogP contribution in [-0.2, 0) is 18.2 Å². The van der Waals surface area contributed by atoms with Gasteiger partial charge in [0.05, 0.1) is 11.2 Å². The minimum Gasteiger partial charge on any atom is -0.385 e. The Bertz CT molecular complexity index is 557. The van der Waals surface area contributed by atoms with Crippen molar-refractivity contribution in [3.63, 3.8) is 0 Å². The van der Waals surface area contributed by atoms with Crippen LogP contribution < -0.4 is 0 Å². The summed E-state index contributed by atoms with van der Waals surface area (Å²) in [4.78, 5) is 0. The molecule has 0 saturated heterocycles. The summed E-state index contributed by atoms with van der Waals surface area (Å²) in [6.07, 6.45) is -4.07. The maximum Gasteiger partial charge on any atom is 0.416 e. The van der Waals surface area contributed by atoms with Crippen molar-refractivity contribution in [2.24, 2.45) is 0 Å². The van der Waals surface area contributed by atoms with Crippen LogP contribution in [0.5, 0.6) is 0 Å². The van der Waals surface area contributed by atoms with Gasteiger partial charge in [-0.15, -0.1) is 0 Å². The van der Waals surface area contributed by atoms with Crippen molar-refractivity contribution in [3.05, 3.63) is 71.3 Å². The molecule has 0 bridgehead atoms. The van der Waals surface area contributed by atoms with Gasteiger partial charge in [0, 0.05) is 6.42 Å². The summed E-state index contributed by atoms with van der Waals surface area (Å²) < 4.78 is 37.4. The van der Waals surface area contributed by atoms with Gasteiger partial charge in [0.2, 0.25) is 0 Å². The normalized spacial score (nSPS) is 14.8. The molecule has 2 rings (SSSR count). The lowest BCUT2D eigenvalue weighted by Crippen LogP contribution is -2.24. The summed E-state index contributed by atoms with van der Waals surface area (Å²) >= 11 is 0. The van der Waals surface area contributed by atoms with Gasteiger partial charge in [0.15, 0.2) is 0 Å². The second-order valence-corrected chi connectivity index (χ2v) is 5.01. The predicted molar refractivity (Wildman–Crippen MR) is 71.2 cm³/mol. The van der Waals surface area contributed by atoms with Crippen molar-refractivity contribution in [1.82, 2.24) is 0 Å². The molecule has 2 aromatic rings. The number of hydrogen-bond donors (Lipinski definition) is 1. The van der Waals surface area contributed by atoms with E-state index in [0.29, 0.717) is 5.56 Å². The van der Waals surface area contributed by atoms with Crippen LogP contribution in [0.15, 0.2) is 54.6 Å². The summed E-state index contributed by atoms with van der Waals surface area (Å²) in [6, 6.07) is 14.0. The fourth-order valence-corrected chi connectivity index (χ4v) is 2.11. The van der Waals surface area contributed by atoms with E-state index in [4.69, 9.17) is 0 Å². The number of aliphatic hydroxyl groups is 1. The quantitative estimate of drug-likeness (QED) is 0.895. The topological polar surface area (TPSA) is 20.2 Å². The Morgan fingerprint density at radius 1 is 0.850 bits per heavy atom. The molecule has 1 N–H and O–H groups in total. The van der Waals surface area contributed by atoms with Crippen LogP contribution in [0.2, 0.25) is 0 Å². The molecular weight excluding hydrogens is 265 g/mol. The highest BCUT2D eigenvalue weighted by Crippen LogP contribution is 2.30. The molecule has 0 aliphatic carbocycles. The first-order valence-corrected chi connectivity index (χ1v) is 6.23. The minimum absolute atomic E-state index is 0.259. The molecule has 1 atom stereocenters. The molecule has 0 aliphatic heterocycles. The van der Waals surface area contributed by atoms with Crippen LogP contribution >= 0.6 is 0 Å². The smallest absolute Gasteiger partial charge is 0.385 e. The molecule has 0 aliphatic rings. The van der Waals surface area contributed by atoms with Crippen molar-refractivity contribution in [2.45, 2.75) is 25.1 Å². The first kappa shape index (κ1) is 14.6. The molecule has 0 unspecified atom stereocenters. The number of hydrogen-bond acceptors (Lipinski definition) is 1. The highest BCUT2D eigenvalue weighted by Gasteiger charge is 2.30. The van der Waals surface area contributed by atoms with Gasteiger partial charge < -0.3 is 5.11 Å². The SMILES string of the molecule is C[C@](O)(Cc1ccc(C(F)(F)F)cc1)c1ccccc1. The van der Waals surface area contributed by atoms with Crippen molar-refractivity contribution >= 4 is 0 Å². The highest BCUT2D eigenvalue weighted by molar-refractivity contribution is 5.29.